The van der Waals surface area contributed by atoms with Gasteiger partial charge in [-0.2, -0.15) is 0 Å². The van der Waals surface area contributed by atoms with Crippen LogP contribution in [-0.4, -0.2) is 46.5 Å². The van der Waals surface area contributed by atoms with E-state index in [4.69, 9.17) is 14.2 Å². The van der Waals surface area contributed by atoms with E-state index < -0.39 is 35.1 Å². The summed E-state index contributed by atoms with van der Waals surface area (Å²) in [7, 11) is 0. The minimum atomic E-state index is -0.810. The predicted octanol–water partition coefficient (Wildman–Crippen LogP) is 1.67. The third kappa shape index (κ3) is 2.60. The summed E-state index contributed by atoms with van der Waals surface area (Å²) in [5, 5.41) is 0. The molecule has 2 amide bonds. The third-order valence-electron chi connectivity index (χ3n) is 3.01. The fourth-order valence-electron chi connectivity index (χ4n) is 2.48. The number of carbonyl (C=O) groups excluding carboxylic acids is 2. The van der Waals surface area contributed by atoms with Crippen LogP contribution in [0.3, 0.4) is 0 Å². The molecule has 2 heterocycles. The van der Waals surface area contributed by atoms with E-state index in [1.807, 2.05) is 0 Å². The molecule has 0 bridgehead atoms. The van der Waals surface area contributed by atoms with Gasteiger partial charge < -0.3 is 14.2 Å². The molecule has 0 saturated carbocycles. The van der Waals surface area contributed by atoms with E-state index in [0.29, 0.717) is 0 Å². The minimum Gasteiger partial charge on any atom is -0.443 e. The maximum absolute atomic E-state index is 12.2. The highest BCUT2D eigenvalue weighted by Crippen LogP contribution is 2.42. The number of hydrogen-bond donors (Lipinski definition) is 0. The van der Waals surface area contributed by atoms with Crippen molar-refractivity contribution in [3.63, 3.8) is 0 Å². The first-order valence-electron chi connectivity index (χ1n) is 6.36. The smallest absolute Gasteiger partial charge is 0.417 e. The van der Waals surface area contributed by atoms with Crippen molar-refractivity contribution >= 4 is 12.0 Å². The predicted molar refractivity (Wildman–Crippen MR) is 66.4 cm³/mol. The highest BCUT2D eigenvalue weighted by molar-refractivity contribution is 5.98. The van der Waals surface area contributed by atoms with Crippen molar-refractivity contribution < 1.29 is 23.8 Å². The van der Waals surface area contributed by atoms with E-state index in [1.165, 1.54) is 0 Å². The van der Waals surface area contributed by atoms with Crippen LogP contribution in [0.1, 0.15) is 41.5 Å². The molecule has 0 radical (unpaired) electrons. The van der Waals surface area contributed by atoms with Crippen LogP contribution in [0.5, 0.6) is 0 Å². The monoisotopic (exact) mass is 271 g/mol. The quantitative estimate of drug-likeness (QED) is 0.670. The Morgan fingerprint density at radius 2 is 1.95 bits per heavy atom. The number of carbonyl (C=O) groups is 2. The SMILES string of the molecule is CC(C)(C)OC(=O)N1CC2(C)OC(C)(C)OC2C1=O. The molecule has 2 rings (SSSR count). The lowest BCUT2D eigenvalue weighted by Gasteiger charge is -2.27. The molecule has 0 spiro atoms. The Morgan fingerprint density at radius 1 is 1.37 bits per heavy atom. The standard InChI is InChI=1S/C13H21NO5/c1-11(2,3)18-10(16)14-7-13(6)8(9(14)15)17-12(4,5)19-13/h8H,7H2,1-6H3. The molecular formula is C13H21NO5. The van der Waals surface area contributed by atoms with Crippen LogP contribution >= 0.6 is 0 Å². The van der Waals surface area contributed by atoms with Gasteiger partial charge in [-0.05, 0) is 41.5 Å². The zero-order valence-corrected chi connectivity index (χ0v) is 12.3. The van der Waals surface area contributed by atoms with E-state index in [-0.39, 0.29) is 6.54 Å². The molecule has 6 nitrogen and oxygen atoms in total. The molecule has 19 heavy (non-hydrogen) atoms. The molecular weight excluding hydrogens is 250 g/mol. The molecule has 2 unspecified atom stereocenters. The van der Waals surface area contributed by atoms with Crippen LogP contribution in [0.15, 0.2) is 0 Å². The lowest BCUT2D eigenvalue weighted by Crippen LogP contribution is -2.42. The first-order valence-corrected chi connectivity index (χ1v) is 6.36. The number of fused-ring (bicyclic) bond motifs is 1. The van der Waals surface area contributed by atoms with Crippen molar-refractivity contribution in [2.24, 2.45) is 0 Å². The first kappa shape index (κ1) is 14.3. The lowest BCUT2D eigenvalue weighted by atomic mass is 10.0. The largest absolute Gasteiger partial charge is 0.443 e. The van der Waals surface area contributed by atoms with Gasteiger partial charge in [0.05, 0.1) is 6.54 Å². The molecule has 2 atom stereocenters. The molecule has 2 fully saturated rings. The van der Waals surface area contributed by atoms with Gasteiger partial charge in [0, 0.05) is 0 Å². The summed E-state index contributed by atoms with van der Waals surface area (Å²) < 4.78 is 16.5. The minimum absolute atomic E-state index is 0.148. The normalized spacial score (nSPS) is 33.5. The average Bonchev–Trinajstić information content (AvgIpc) is 2.53. The Morgan fingerprint density at radius 3 is 2.42 bits per heavy atom. The number of hydrogen-bond acceptors (Lipinski definition) is 5. The fraction of sp³-hybridized carbons (Fsp3) is 0.846. The number of nitrogens with zero attached hydrogens (tertiary/aromatic N) is 1. The highest BCUT2D eigenvalue weighted by atomic mass is 16.8. The van der Waals surface area contributed by atoms with Crippen molar-refractivity contribution in [3.05, 3.63) is 0 Å². The zero-order valence-electron chi connectivity index (χ0n) is 12.3. The van der Waals surface area contributed by atoms with Gasteiger partial charge in [-0.15, -0.1) is 0 Å². The molecule has 6 heteroatoms. The van der Waals surface area contributed by atoms with Gasteiger partial charge in [0.15, 0.2) is 11.9 Å². The van der Waals surface area contributed by atoms with Gasteiger partial charge in [-0.3, -0.25) is 4.79 Å². The molecule has 0 N–H and O–H groups in total. The summed E-state index contributed by atoms with van der Waals surface area (Å²) >= 11 is 0. The first-order chi connectivity index (χ1) is 8.44. The highest BCUT2D eigenvalue weighted by Gasteiger charge is 2.62. The molecule has 0 aromatic carbocycles. The topological polar surface area (TPSA) is 65.1 Å². The van der Waals surface area contributed by atoms with Gasteiger partial charge in [-0.25, -0.2) is 9.69 Å². The van der Waals surface area contributed by atoms with Crippen molar-refractivity contribution in [2.75, 3.05) is 6.54 Å². The Bertz CT molecular complexity index is 425. The van der Waals surface area contributed by atoms with Crippen LogP contribution in [-0.2, 0) is 19.0 Å². The third-order valence-corrected chi connectivity index (χ3v) is 3.01. The van der Waals surface area contributed by atoms with Gasteiger partial charge in [0.2, 0.25) is 0 Å². The summed E-state index contributed by atoms with van der Waals surface area (Å²) in [6.45, 7) is 10.7. The van der Waals surface area contributed by atoms with Crippen molar-refractivity contribution in [1.82, 2.24) is 4.90 Å². The molecule has 108 valence electrons. The van der Waals surface area contributed by atoms with Crippen molar-refractivity contribution in [3.8, 4) is 0 Å². The summed E-state index contributed by atoms with van der Waals surface area (Å²) in [6, 6.07) is 0. The zero-order chi connectivity index (χ0) is 14.6. The van der Waals surface area contributed by atoms with Crippen LogP contribution < -0.4 is 0 Å². The Balaban J connectivity index is 2.14. The van der Waals surface area contributed by atoms with Crippen LogP contribution in [0, 0.1) is 0 Å². The Hall–Kier alpha value is -1.14. The maximum atomic E-state index is 12.2. The van der Waals surface area contributed by atoms with E-state index in [1.54, 1.807) is 41.5 Å². The van der Waals surface area contributed by atoms with Crippen LogP contribution in [0.2, 0.25) is 0 Å². The van der Waals surface area contributed by atoms with Gasteiger partial charge in [-0.1, -0.05) is 0 Å². The second-order valence-electron chi connectivity index (χ2n) is 6.72. The van der Waals surface area contributed by atoms with Gasteiger partial charge in [0.25, 0.3) is 5.91 Å². The van der Waals surface area contributed by atoms with Crippen molar-refractivity contribution in [1.29, 1.82) is 0 Å². The summed E-state index contributed by atoms with van der Waals surface area (Å²) in [5.74, 6) is -1.21. The second kappa shape index (κ2) is 3.93. The second-order valence-corrected chi connectivity index (χ2v) is 6.72. The number of ether oxygens (including phenoxy) is 3. The van der Waals surface area contributed by atoms with E-state index in [9.17, 15) is 9.59 Å². The molecule has 0 aromatic rings. The number of likely N-dealkylation sites (tertiary alicyclic amines) is 1. The molecule has 0 aromatic heterocycles. The summed E-state index contributed by atoms with van der Waals surface area (Å²) in [6.07, 6.45) is -1.41. The average molecular weight is 271 g/mol. The van der Waals surface area contributed by atoms with Crippen LogP contribution in [0.4, 0.5) is 4.79 Å². The number of imide groups is 1. The van der Waals surface area contributed by atoms with Crippen LogP contribution in [0.25, 0.3) is 0 Å². The van der Waals surface area contributed by atoms with Gasteiger partial charge in [0.1, 0.15) is 11.2 Å². The molecule has 2 aliphatic heterocycles. The van der Waals surface area contributed by atoms with E-state index in [0.717, 1.165) is 4.90 Å². The molecule has 2 saturated heterocycles. The molecule has 0 aliphatic carbocycles. The summed E-state index contributed by atoms with van der Waals surface area (Å²) in [4.78, 5) is 25.3. The van der Waals surface area contributed by atoms with E-state index in [2.05, 4.69) is 0 Å². The number of amides is 2. The Kier molecular flexibility index (Phi) is 2.95. The Labute approximate surface area is 113 Å². The summed E-state index contributed by atoms with van der Waals surface area (Å²) in [5.41, 5.74) is -1.45. The number of rotatable bonds is 0. The van der Waals surface area contributed by atoms with Crippen molar-refractivity contribution in [2.45, 2.75) is 64.6 Å². The molecule has 2 aliphatic rings. The fourth-order valence-corrected chi connectivity index (χ4v) is 2.48. The van der Waals surface area contributed by atoms with Gasteiger partial charge >= 0.3 is 6.09 Å². The van der Waals surface area contributed by atoms with E-state index >= 15 is 0 Å². The lowest BCUT2D eigenvalue weighted by molar-refractivity contribution is -0.175. The maximum Gasteiger partial charge on any atom is 0.417 e.